The molecule has 1 rings (SSSR count). The van der Waals surface area contributed by atoms with Crippen molar-refractivity contribution in [3.63, 3.8) is 0 Å². The quantitative estimate of drug-likeness (QED) is 0.361. The topological polar surface area (TPSA) is 66.4 Å². The minimum atomic E-state index is -4.71. The second-order valence-electron chi connectivity index (χ2n) is 2.40. The largest absolute Gasteiger partial charge is 1.00 e. The Labute approximate surface area is 109 Å². The molecule has 1 aromatic carbocycles. The summed E-state index contributed by atoms with van der Waals surface area (Å²) < 4.78 is 34.8. The van der Waals surface area contributed by atoms with Gasteiger partial charge in [0.2, 0.25) is 0 Å². The van der Waals surface area contributed by atoms with Crippen LogP contribution in [-0.4, -0.2) is 13.0 Å². The standard InChI is InChI=1S/C7H7ClO4S.Na/c1-5-4-6(8)2-3-7(5)12-13(9,10)11;/h2-4H,1H3,(H,9,10,11);/q;+1/p-1. The second kappa shape index (κ2) is 5.34. The molecule has 14 heavy (non-hydrogen) atoms. The molecular weight excluding hydrogens is 239 g/mol. The third-order valence-electron chi connectivity index (χ3n) is 1.33. The van der Waals surface area contributed by atoms with E-state index in [0.717, 1.165) is 0 Å². The van der Waals surface area contributed by atoms with Gasteiger partial charge in [0.05, 0.1) is 0 Å². The molecule has 0 spiro atoms. The number of hydrogen-bond donors (Lipinski definition) is 0. The van der Waals surface area contributed by atoms with E-state index >= 15 is 0 Å². The molecule has 72 valence electrons. The molecule has 0 bridgehead atoms. The van der Waals surface area contributed by atoms with Crippen molar-refractivity contribution in [3.05, 3.63) is 28.8 Å². The fourth-order valence-electron chi connectivity index (χ4n) is 0.816. The molecule has 0 saturated heterocycles. The summed E-state index contributed by atoms with van der Waals surface area (Å²) in [6, 6.07) is 4.27. The average molecular weight is 245 g/mol. The number of halogens is 1. The summed E-state index contributed by atoms with van der Waals surface area (Å²) in [7, 11) is -4.71. The molecule has 0 unspecified atom stereocenters. The summed E-state index contributed by atoms with van der Waals surface area (Å²) in [5, 5.41) is 0.452. The molecule has 0 N–H and O–H groups in total. The van der Waals surface area contributed by atoms with Gasteiger partial charge < -0.3 is 8.74 Å². The minimum absolute atomic E-state index is 0. The summed E-state index contributed by atoms with van der Waals surface area (Å²) in [6.07, 6.45) is 0. The number of hydrogen-bond acceptors (Lipinski definition) is 4. The van der Waals surface area contributed by atoms with Crippen molar-refractivity contribution >= 4 is 22.0 Å². The van der Waals surface area contributed by atoms with Crippen LogP contribution in [0.1, 0.15) is 5.56 Å². The van der Waals surface area contributed by atoms with E-state index in [9.17, 15) is 13.0 Å². The van der Waals surface area contributed by atoms with Crippen LogP contribution in [0, 0.1) is 6.92 Å². The molecule has 0 saturated carbocycles. The molecule has 1 aromatic rings. The van der Waals surface area contributed by atoms with Crippen LogP contribution in [0.3, 0.4) is 0 Å². The Hall–Kier alpha value is 0.220. The third kappa shape index (κ3) is 4.63. The molecule has 7 heteroatoms. The van der Waals surface area contributed by atoms with Crippen molar-refractivity contribution in [1.29, 1.82) is 0 Å². The zero-order valence-electron chi connectivity index (χ0n) is 7.65. The summed E-state index contributed by atoms with van der Waals surface area (Å²) in [5.41, 5.74) is 0.493. The Morgan fingerprint density at radius 3 is 2.43 bits per heavy atom. The number of aryl methyl sites for hydroxylation is 1. The summed E-state index contributed by atoms with van der Waals surface area (Å²) in [5.74, 6) is -0.000556. The van der Waals surface area contributed by atoms with Gasteiger partial charge in [0, 0.05) is 5.02 Å². The van der Waals surface area contributed by atoms with Crippen molar-refractivity contribution < 1.29 is 46.7 Å². The van der Waals surface area contributed by atoms with Crippen LogP contribution in [0.4, 0.5) is 0 Å². The van der Waals surface area contributed by atoms with Gasteiger partial charge in [0.25, 0.3) is 10.4 Å². The van der Waals surface area contributed by atoms with Crippen LogP contribution in [-0.2, 0) is 10.4 Å². The van der Waals surface area contributed by atoms with E-state index in [0.29, 0.717) is 10.6 Å². The zero-order valence-corrected chi connectivity index (χ0v) is 11.2. The van der Waals surface area contributed by atoms with E-state index in [1.807, 2.05) is 0 Å². The van der Waals surface area contributed by atoms with Gasteiger partial charge in [-0.05, 0) is 30.7 Å². The van der Waals surface area contributed by atoms with Crippen LogP contribution in [0.5, 0.6) is 5.75 Å². The maximum atomic E-state index is 10.2. The first-order valence-electron chi connectivity index (χ1n) is 3.30. The molecule has 0 aliphatic rings. The van der Waals surface area contributed by atoms with E-state index in [1.54, 1.807) is 6.92 Å². The van der Waals surface area contributed by atoms with E-state index in [4.69, 9.17) is 11.6 Å². The summed E-state index contributed by atoms with van der Waals surface area (Å²) >= 11 is 5.61. The maximum Gasteiger partial charge on any atom is 1.00 e. The Balaban J connectivity index is 0.00000169. The van der Waals surface area contributed by atoms with E-state index in [-0.39, 0.29) is 35.3 Å². The zero-order chi connectivity index (χ0) is 10.1. The van der Waals surface area contributed by atoms with Gasteiger partial charge >= 0.3 is 29.6 Å². The van der Waals surface area contributed by atoms with Gasteiger partial charge in [-0.3, -0.25) is 0 Å². The van der Waals surface area contributed by atoms with Crippen LogP contribution >= 0.6 is 11.6 Å². The Morgan fingerprint density at radius 2 is 2.00 bits per heavy atom. The Bertz CT molecular complexity index is 418. The van der Waals surface area contributed by atoms with E-state index < -0.39 is 10.4 Å². The first-order chi connectivity index (χ1) is 5.88. The van der Waals surface area contributed by atoms with Crippen LogP contribution in [0.25, 0.3) is 0 Å². The normalized spacial score (nSPS) is 10.5. The van der Waals surface area contributed by atoms with Crippen molar-refractivity contribution in [2.45, 2.75) is 6.92 Å². The van der Waals surface area contributed by atoms with Crippen molar-refractivity contribution in [2.75, 3.05) is 0 Å². The van der Waals surface area contributed by atoms with Crippen molar-refractivity contribution in [1.82, 2.24) is 0 Å². The molecule has 0 aliphatic heterocycles. The van der Waals surface area contributed by atoms with Crippen LogP contribution in [0.15, 0.2) is 18.2 Å². The fraction of sp³-hybridized carbons (Fsp3) is 0.143. The molecule has 0 atom stereocenters. The van der Waals surface area contributed by atoms with Gasteiger partial charge in [-0.25, -0.2) is 8.42 Å². The molecule has 0 fully saturated rings. The molecule has 0 aromatic heterocycles. The smallest absolute Gasteiger partial charge is 0.716 e. The van der Waals surface area contributed by atoms with Crippen LogP contribution in [0.2, 0.25) is 5.02 Å². The predicted molar refractivity (Wildman–Crippen MR) is 46.5 cm³/mol. The first kappa shape index (κ1) is 14.2. The van der Waals surface area contributed by atoms with Crippen molar-refractivity contribution in [3.8, 4) is 5.75 Å². The Morgan fingerprint density at radius 1 is 1.43 bits per heavy atom. The summed E-state index contributed by atoms with van der Waals surface area (Å²) in [6.45, 7) is 1.59. The van der Waals surface area contributed by atoms with Gasteiger partial charge in [-0.15, -0.1) is 0 Å². The number of rotatable bonds is 2. The van der Waals surface area contributed by atoms with Crippen molar-refractivity contribution in [2.24, 2.45) is 0 Å². The average Bonchev–Trinajstić information content (AvgIpc) is 1.93. The fourth-order valence-corrected chi connectivity index (χ4v) is 1.45. The third-order valence-corrected chi connectivity index (χ3v) is 1.95. The molecule has 0 radical (unpaired) electrons. The van der Waals surface area contributed by atoms with Gasteiger partial charge in [0.1, 0.15) is 5.75 Å². The molecular formula is C7H6ClNaO4S. The molecule has 0 amide bonds. The van der Waals surface area contributed by atoms with Crippen LogP contribution < -0.4 is 33.7 Å². The van der Waals surface area contributed by atoms with E-state index in [1.165, 1.54) is 18.2 Å². The maximum absolute atomic E-state index is 10.2. The minimum Gasteiger partial charge on any atom is -0.716 e. The monoisotopic (exact) mass is 244 g/mol. The SMILES string of the molecule is Cc1cc(Cl)ccc1OS(=O)(=O)[O-].[Na+]. The second-order valence-corrected chi connectivity index (χ2v) is 3.82. The summed E-state index contributed by atoms with van der Waals surface area (Å²) in [4.78, 5) is 0. The first-order valence-corrected chi connectivity index (χ1v) is 5.01. The van der Waals surface area contributed by atoms with Gasteiger partial charge in [-0.1, -0.05) is 11.6 Å². The van der Waals surface area contributed by atoms with E-state index in [2.05, 4.69) is 4.18 Å². The van der Waals surface area contributed by atoms with Gasteiger partial charge in [-0.2, -0.15) is 0 Å². The molecule has 4 nitrogen and oxygen atoms in total. The Kier molecular flexibility index (Phi) is 5.43. The van der Waals surface area contributed by atoms with Gasteiger partial charge in [0.15, 0.2) is 0 Å². The molecule has 0 aliphatic carbocycles. The molecule has 0 heterocycles. The number of benzene rings is 1. The predicted octanol–water partition coefficient (Wildman–Crippen LogP) is -1.51.